The van der Waals surface area contributed by atoms with Crippen LogP contribution < -0.4 is 5.32 Å². The van der Waals surface area contributed by atoms with Gasteiger partial charge >= 0.3 is 12.4 Å². The van der Waals surface area contributed by atoms with Crippen molar-refractivity contribution in [3.8, 4) is 0 Å². The molecule has 1 amide bonds. The summed E-state index contributed by atoms with van der Waals surface area (Å²) in [5, 5.41) is 2.80. The number of amides is 1. The second-order valence-electron chi connectivity index (χ2n) is 4.52. The van der Waals surface area contributed by atoms with Crippen LogP contribution in [0.5, 0.6) is 0 Å². The third-order valence-electron chi connectivity index (χ3n) is 3.07. The molecule has 0 spiro atoms. The van der Waals surface area contributed by atoms with Crippen LogP contribution in [0.3, 0.4) is 0 Å². The number of halogens is 3. The van der Waals surface area contributed by atoms with Crippen LogP contribution in [0, 0.1) is 0 Å². The lowest BCUT2D eigenvalue weighted by molar-refractivity contribution is -0.240. The van der Waals surface area contributed by atoms with Crippen LogP contribution in [-0.2, 0) is 11.3 Å². The third kappa shape index (κ3) is 3.63. The van der Waals surface area contributed by atoms with Gasteiger partial charge in [-0.1, -0.05) is 30.3 Å². The normalized spacial score (nSPS) is 18.9. The quantitative estimate of drug-likeness (QED) is 0.869. The van der Waals surface area contributed by atoms with Crippen molar-refractivity contribution in [3.63, 3.8) is 0 Å². The predicted molar refractivity (Wildman–Crippen MR) is 65.8 cm³/mol. The Morgan fingerprint density at radius 2 is 2.05 bits per heavy atom. The van der Waals surface area contributed by atoms with E-state index in [4.69, 9.17) is 4.74 Å². The molecule has 1 N–H and O–H groups in total. The molecule has 110 valence electrons. The van der Waals surface area contributed by atoms with E-state index >= 15 is 0 Å². The minimum Gasteiger partial charge on any atom is -0.444 e. The predicted octanol–water partition coefficient (Wildman–Crippen LogP) is 2.51. The number of nitrogens with zero attached hydrogens (tertiary/aromatic N) is 1. The lowest BCUT2D eigenvalue weighted by Crippen LogP contribution is -2.50. The Morgan fingerprint density at radius 3 is 2.60 bits per heavy atom. The molecule has 0 radical (unpaired) electrons. The Morgan fingerprint density at radius 1 is 1.35 bits per heavy atom. The van der Waals surface area contributed by atoms with Crippen LogP contribution in [0.1, 0.15) is 12.0 Å². The van der Waals surface area contributed by atoms with Crippen LogP contribution in [0.25, 0.3) is 0 Å². The summed E-state index contributed by atoms with van der Waals surface area (Å²) in [4.78, 5) is 11.6. The van der Waals surface area contributed by atoms with Gasteiger partial charge in [0.1, 0.15) is 6.61 Å². The van der Waals surface area contributed by atoms with Gasteiger partial charge in [-0.3, -0.25) is 0 Å². The van der Waals surface area contributed by atoms with Crippen molar-refractivity contribution in [1.82, 2.24) is 10.2 Å². The highest BCUT2D eigenvalue weighted by molar-refractivity contribution is 5.68. The second kappa shape index (κ2) is 6.13. The zero-order valence-electron chi connectivity index (χ0n) is 10.7. The molecular weight excluding hydrogens is 273 g/mol. The van der Waals surface area contributed by atoms with Crippen molar-refractivity contribution >= 4 is 6.09 Å². The van der Waals surface area contributed by atoms with Gasteiger partial charge in [-0.25, -0.2) is 9.69 Å². The number of ether oxygens (including phenoxy) is 1. The van der Waals surface area contributed by atoms with Gasteiger partial charge in [0.15, 0.2) is 0 Å². The zero-order chi connectivity index (χ0) is 14.6. The van der Waals surface area contributed by atoms with Gasteiger partial charge in [-0.2, -0.15) is 0 Å². The monoisotopic (exact) mass is 288 g/mol. The van der Waals surface area contributed by atoms with E-state index in [1.54, 1.807) is 30.3 Å². The maximum Gasteiger partial charge on any atom is 0.490 e. The largest absolute Gasteiger partial charge is 0.490 e. The van der Waals surface area contributed by atoms with Gasteiger partial charge in [-0.05, 0) is 18.5 Å². The lowest BCUT2D eigenvalue weighted by Gasteiger charge is -2.29. The first-order chi connectivity index (χ1) is 9.48. The number of carbonyl (C=O) groups is 1. The number of alkyl halides is 3. The topological polar surface area (TPSA) is 41.6 Å². The van der Waals surface area contributed by atoms with Crippen LogP contribution in [0.15, 0.2) is 30.3 Å². The van der Waals surface area contributed by atoms with Crippen molar-refractivity contribution in [2.24, 2.45) is 0 Å². The molecule has 0 aromatic heterocycles. The van der Waals surface area contributed by atoms with E-state index in [9.17, 15) is 18.0 Å². The fourth-order valence-electron chi connectivity index (χ4n) is 2.11. The standard InChI is InChI=1S/C13H15F3N2O2/c14-13(15,16)18(11-6-7-17-8-11)12(19)20-9-10-4-2-1-3-5-10/h1-5,11,17H,6-9H2/t11-/m1/s1. The van der Waals surface area contributed by atoms with Gasteiger partial charge in [0.25, 0.3) is 0 Å². The Balaban J connectivity index is 2.00. The first-order valence-electron chi connectivity index (χ1n) is 6.26. The minimum atomic E-state index is -4.73. The number of benzene rings is 1. The van der Waals surface area contributed by atoms with E-state index < -0.39 is 18.4 Å². The van der Waals surface area contributed by atoms with Gasteiger partial charge in [0.05, 0.1) is 6.04 Å². The summed E-state index contributed by atoms with van der Waals surface area (Å²) >= 11 is 0. The SMILES string of the molecule is O=C(OCc1ccccc1)N([C@@H]1CCNC1)C(F)(F)F. The number of nitrogens with one attached hydrogen (secondary N) is 1. The molecule has 1 aliphatic heterocycles. The van der Waals surface area contributed by atoms with E-state index in [1.165, 1.54) is 0 Å². The Hall–Kier alpha value is -1.76. The molecular formula is C13H15F3N2O2. The highest BCUT2D eigenvalue weighted by Gasteiger charge is 2.47. The molecule has 1 atom stereocenters. The molecule has 7 heteroatoms. The average molecular weight is 288 g/mol. The van der Waals surface area contributed by atoms with Crippen LogP contribution >= 0.6 is 0 Å². The van der Waals surface area contributed by atoms with Crippen molar-refractivity contribution in [1.29, 1.82) is 0 Å². The van der Waals surface area contributed by atoms with E-state index in [-0.39, 0.29) is 24.5 Å². The highest BCUT2D eigenvalue weighted by atomic mass is 19.4. The van der Waals surface area contributed by atoms with Crippen molar-refractivity contribution in [2.75, 3.05) is 13.1 Å². The molecule has 0 bridgehead atoms. The van der Waals surface area contributed by atoms with Gasteiger partial charge in [0.2, 0.25) is 0 Å². The molecule has 1 fully saturated rings. The molecule has 1 aromatic rings. The molecule has 0 saturated carbocycles. The molecule has 4 nitrogen and oxygen atoms in total. The van der Waals surface area contributed by atoms with Crippen molar-refractivity contribution in [2.45, 2.75) is 25.4 Å². The first kappa shape index (κ1) is 14.6. The van der Waals surface area contributed by atoms with Crippen LogP contribution in [-0.4, -0.2) is 36.4 Å². The lowest BCUT2D eigenvalue weighted by atomic mass is 10.2. The molecule has 20 heavy (non-hydrogen) atoms. The molecule has 1 aliphatic rings. The summed E-state index contributed by atoms with van der Waals surface area (Å²) in [5.74, 6) is 0. The number of hydrogen-bond acceptors (Lipinski definition) is 3. The van der Waals surface area contributed by atoms with E-state index in [0.29, 0.717) is 12.1 Å². The minimum absolute atomic E-state index is 0.125. The Labute approximate surface area is 114 Å². The maximum atomic E-state index is 12.9. The summed E-state index contributed by atoms with van der Waals surface area (Å²) in [6.07, 6.45) is -5.82. The summed E-state index contributed by atoms with van der Waals surface area (Å²) in [7, 11) is 0. The van der Waals surface area contributed by atoms with E-state index in [2.05, 4.69) is 5.32 Å². The van der Waals surface area contributed by atoms with Crippen molar-refractivity contribution in [3.05, 3.63) is 35.9 Å². The Kier molecular flexibility index (Phi) is 4.49. The summed E-state index contributed by atoms with van der Waals surface area (Å²) in [6, 6.07) is 7.69. The number of hydrogen-bond donors (Lipinski definition) is 1. The third-order valence-corrected chi connectivity index (χ3v) is 3.07. The molecule has 0 unspecified atom stereocenters. The zero-order valence-corrected chi connectivity index (χ0v) is 10.7. The molecule has 1 heterocycles. The van der Waals surface area contributed by atoms with E-state index in [1.807, 2.05) is 0 Å². The van der Waals surface area contributed by atoms with Gasteiger partial charge in [0, 0.05) is 6.54 Å². The van der Waals surface area contributed by atoms with Crippen LogP contribution in [0.2, 0.25) is 0 Å². The molecule has 1 aromatic carbocycles. The second-order valence-corrected chi connectivity index (χ2v) is 4.52. The summed E-state index contributed by atoms with van der Waals surface area (Å²) < 4.78 is 43.6. The first-order valence-corrected chi connectivity index (χ1v) is 6.26. The van der Waals surface area contributed by atoms with Crippen molar-refractivity contribution < 1.29 is 22.7 Å². The Bertz CT molecular complexity index is 445. The fourth-order valence-corrected chi connectivity index (χ4v) is 2.11. The summed E-state index contributed by atoms with van der Waals surface area (Å²) in [5.41, 5.74) is 0.646. The van der Waals surface area contributed by atoms with Crippen LogP contribution in [0.4, 0.5) is 18.0 Å². The maximum absolute atomic E-state index is 12.9. The summed E-state index contributed by atoms with van der Waals surface area (Å²) in [6.45, 7) is 0.412. The highest BCUT2D eigenvalue weighted by Crippen LogP contribution is 2.27. The molecule has 2 rings (SSSR count). The average Bonchev–Trinajstić information content (AvgIpc) is 2.89. The molecule has 0 aliphatic carbocycles. The number of carbonyl (C=O) groups excluding carboxylic acids is 1. The van der Waals surface area contributed by atoms with E-state index in [0.717, 1.165) is 0 Å². The van der Waals surface area contributed by atoms with Gasteiger partial charge < -0.3 is 10.1 Å². The fraction of sp³-hybridized carbons (Fsp3) is 0.462. The smallest absolute Gasteiger partial charge is 0.444 e. The van der Waals surface area contributed by atoms with Gasteiger partial charge in [-0.15, -0.1) is 13.2 Å². The number of rotatable bonds is 3. The molecule has 1 saturated heterocycles.